The molecule has 0 aromatic rings. The van der Waals surface area contributed by atoms with E-state index in [9.17, 15) is 14.7 Å². The molecule has 1 saturated carbocycles. The average molecular weight is 295 g/mol. The molecule has 1 heterocycles. The van der Waals surface area contributed by atoms with Crippen LogP contribution in [0.3, 0.4) is 0 Å². The molecule has 0 atom stereocenters. The lowest BCUT2D eigenvalue weighted by atomic mass is 9.69. The fourth-order valence-corrected chi connectivity index (χ4v) is 3.97. The quantitative estimate of drug-likeness (QED) is 0.862. The molecule has 0 radical (unpaired) electrons. The van der Waals surface area contributed by atoms with E-state index in [1.807, 2.05) is 4.90 Å². The Bertz CT molecular complexity index is 353. The summed E-state index contributed by atoms with van der Waals surface area (Å²) in [5, 5.41) is 9.21. The second-order valence-electron chi connectivity index (χ2n) is 6.96. The van der Waals surface area contributed by atoms with Crippen molar-refractivity contribution in [2.24, 2.45) is 5.41 Å². The second-order valence-corrected chi connectivity index (χ2v) is 6.96. The Morgan fingerprint density at radius 2 is 1.33 bits per heavy atom. The van der Waals surface area contributed by atoms with Gasteiger partial charge in [-0.1, -0.05) is 38.5 Å². The Morgan fingerprint density at radius 1 is 0.810 bits per heavy atom. The first-order valence-corrected chi connectivity index (χ1v) is 8.61. The molecule has 1 N–H and O–H groups in total. The highest BCUT2D eigenvalue weighted by Gasteiger charge is 2.37. The highest BCUT2D eigenvalue weighted by atomic mass is 16.4. The van der Waals surface area contributed by atoms with Crippen LogP contribution in [0.5, 0.6) is 0 Å². The van der Waals surface area contributed by atoms with Crippen molar-refractivity contribution >= 4 is 11.9 Å². The molecule has 2 rings (SSSR count). The van der Waals surface area contributed by atoms with E-state index in [1.54, 1.807) is 0 Å². The summed E-state index contributed by atoms with van der Waals surface area (Å²) in [7, 11) is 0. The highest BCUT2D eigenvalue weighted by Crippen LogP contribution is 2.42. The molecule has 4 heteroatoms. The smallest absolute Gasteiger partial charge is 0.303 e. The van der Waals surface area contributed by atoms with Gasteiger partial charge in [-0.05, 0) is 31.1 Å². The highest BCUT2D eigenvalue weighted by molar-refractivity contribution is 5.78. The van der Waals surface area contributed by atoms with Gasteiger partial charge >= 0.3 is 5.97 Å². The molecule has 120 valence electrons. The summed E-state index contributed by atoms with van der Waals surface area (Å²) in [5.41, 5.74) is -0.274. The van der Waals surface area contributed by atoms with Gasteiger partial charge in [0.25, 0.3) is 0 Å². The molecule has 0 aromatic heterocycles. The van der Waals surface area contributed by atoms with Crippen molar-refractivity contribution in [2.75, 3.05) is 13.1 Å². The van der Waals surface area contributed by atoms with E-state index in [2.05, 4.69) is 0 Å². The lowest BCUT2D eigenvalue weighted by Gasteiger charge is -2.37. The van der Waals surface area contributed by atoms with E-state index in [4.69, 9.17) is 0 Å². The van der Waals surface area contributed by atoms with Gasteiger partial charge in [-0.25, -0.2) is 0 Å². The van der Waals surface area contributed by atoms with Crippen molar-refractivity contribution in [2.45, 2.75) is 77.0 Å². The zero-order valence-electron chi connectivity index (χ0n) is 13.1. The van der Waals surface area contributed by atoms with E-state index in [0.29, 0.717) is 6.42 Å². The molecular formula is C17H29NO3. The van der Waals surface area contributed by atoms with Crippen LogP contribution < -0.4 is 0 Å². The summed E-state index contributed by atoms with van der Waals surface area (Å²) in [6.07, 6.45) is 11.6. The standard InChI is InChI=1S/C17H29NO3/c19-15(18-11-7-2-1-3-8-12-18)13-17(14-16(20)21)9-5-4-6-10-17/h1-14H2,(H,20,21). The number of aliphatic carboxylic acids is 1. The zero-order chi connectivity index (χ0) is 15.1. The Balaban J connectivity index is 1.97. The topological polar surface area (TPSA) is 57.6 Å². The lowest BCUT2D eigenvalue weighted by Crippen LogP contribution is -2.39. The minimum atomic E-state index is -0.752. The average Bonchev–Trinajstić information content (AvgIpc) is 2.37. The van der Waals surface area contributed by atoms with Crippen LogP contribution in [0.1, 0.15) is 77.0 Å². The van der Waals surface area contributed by atoms with Gasteiger partial charge in [-0.2, -0.15) is 0 Å². The van der Waals surface area contributed by atoms with Crippen LogP contribution in [0.15, 0.2) is 0 Å². The first kappa shape index (κ1) is 16.3. The van der Waals surface area contributed by atoms with Crippen LogP contribution in [0.4, 0.5) is 0 Å². The molecule has 0 bridgehead atoms. The molecule has 0 spiro atoms. The van der Waals surface area contributed by atoms with Crippen LogP contribution >= 0.6 is 0 Å². The Labute approximate surface area is 127 Å². The van der Waals surface area contributed by atoms with Gasteiger partial charge in [0.05, 0.1) is 6.42 Å². The number of carboxylic acid groups (broad SMARTS) is 1. The summed E-state index contributed by atoms with van der Waals surface area (Å²) >= 11 is 0. The molecule has 0 unspecified atom stereocenters. The van der Waals surface area contributed by atoms with E-state index in [1.165, 1.54) is 25.7 Å². The first-order valence-electron chi connectivity index (χ1n) is 8.61. The summed E-state index contributed by atoms with van der Waals surface area (Å²) in [4.78, 5) is 25.9. The van der Waals surface area contributed by atoms with Crippen molar-refractivity contribution in [3.05, 3.63) is 0 Å². The molecule has 2 aliphatic rings. The van der Waals surface area contributed by atoms with E-state index in [-0.39, 0.29) is 17.7 Å². The SMILES string of the molecule is O=C(O)CC1(CC(=O)N2CCCCCCC2)CCCCC1. The number of hydrogen-bond donors (Lipinski definition) is 1. The Kier molecular flexibility index (Phi) is 6.07. The van der Waals surface area contributed by atoms with Gasteiger partial charge in [0.2, 0.25) is 5.91 Å². The minimum Gasteiger partial charge on any atom is -0.481 e. The van der Waals surface area contributed by atoms with Crippen LogP contribution in [0.2, 0.25) is 0 Å². The third kappa shape index (κ3) is 5.01. The number of carbonyl (C=O) groups is 2. The lowest BCUT2D eigenvalue weighted by molar-refractivity contribution is -0.142. The molecule has 4 nitrogen and oxygen atoms in total. The Morgan fingerprint density at radius 3 is 1.90 bits per heavy atom. The van der Waals surface area contributed by atoms with Crippen molar-refractivity contribution in [3.63, 3.8) is 0 Å². The predicted octanol–water partition coefficient (Wildman–Crippen LogP) is 3.59. The van der Waals surface area contributed by atoms with Gasteiger partial charge in [0.1, 0.15) is 0 Å². The fourth-order valence-electron chi connectivity index (χ4n) is 3.97. The third-order valence-electron chi connectivity index (χ3n) is 5.18. The van der Waals surface area contributed by atoms with Crippen molar-refractivity contribution in [1.82, 2.24) is 4.90 Å². The number of rotatable bonds is 4. The summed E-state index contributed by atoms with van der Waals surface area (Å²) in [5.74, 6) is -0.558. The van der Waals surface area contributed by atoms with Crippen LogP contribution in [-0.2, 0) is 9.59 Å². The van der Waals surface area contributed by atoms with Crippen molar-refractivity contribution < 1.29 is 14.7 Å². The number of carbonyl (C=O) groups excluding carboxylic acids is 1. The first-order chi connectivity index (χ1) is 10.1. The number of amides is 1. The predicted molar refractivity (Wildman–Crippen MR) is 82.1 cm³/mol. The van der Waals surface area contributed by atoms with Crippen LogP contribution in [0.25, 0.3) is 0 Å². The molecular weight excluding hydrogens is 266 g/mol. The van der Waals surface area contributed by atoms with Crippen LogP contribution in [-0.4, -0.2) is 35.0 Å². The van der Waals surface area contributed by atoms with E-state index >= 15 is 0 Å². The monoisotopic (exact) mass is 295 g/mol. The zero-order valence-corrected chi connectivity index (χ0v) is 13.1. The molecule has 1 amide bonds. The molecule has 21 heavy (non-hydrogen) atoms. The summed E-state index contributed by atoms with van der Waals surface area (Å²) < 4.78 is 0. The fraction of sp³-hybridized carbons (Fsp3) is 0.882. The number of carboxylic acids is 1. The second kappa shape index (κ2) is 7.81. The maximum atomic E-state index is 12.7. The van der Waals surface area contributed by atoms with E-state index in [0.717, 1.165) is 51.6 Å². The van der Waals surface area contributed by atoms with Gasteiger partial charge in [-0.15, -0.1) is 0 Å². The molecule has 1 aliphatic heterocycles. The normalized spacial score (nSPS) is 23.1. The minimum absolute atomic E-state index is 0.159. The maximum absolute atomic E-state index is 12.7. The van der Waals surface area contributed by atoms with E-state index < -0.39 is 5.97 Å². The van der Waals surface area contributed by atoms with Crippen LogP contribution in [0, 0.1) is 5.41 Å². The number of likely N-dealkylation sites (tertiary alicyclic amines) is 1. The number of hydrogen-bond acceptors (Lipinski definition) is 2. The van der Waals surface area contributed by atoms with Gasteiger partial charge in [0, 0.05) is 19.5 Å². The Hall–Kier alpha value is -1.06. The van der Waals surface area contributed by atoms with Gasteiger partial charge < -0.3 is 10.0 Å². The molecule has 1 saturated heterocycles. The summed E-state index contributed by atoms with van der Waals surface area (Å²) in [6.45, 7) is 1.73. The maximum Gasteiger partial charge on any atom is 0.303 e. The molecule has 0 aromatic carbocycles. The third-order valence-corrected chi connectivity index (χ3v) is 5.18. The number of nitrogens with zero attached hydrogens (tertiary/aromatic N) is 1. The summed E-state index contributed by atoms with van der Waals surface area (Å²) in [6, 6.07) is 0. The van der Waals surface area contributed by atoms with Gasteiger partial charge in [0.15, 0.2) is 0 Å². The largest absolute Gasteiger partial charge is 0.481 e. The van der Waals surface area contributed by atoms with Crippen molar-refractivity contribution in [3.8, 4) is 0 Å². The van der Waals surface area contributed by atoms with Crippen molar-refractivity contribution in [1.29, 1.82) is 0 Å². The molecule has 2 fully saturated rings. The van der Waals surface area contributed by atoms with Gasteiger partial charge in [-0.3, -0.25) is 9.59 Å². The molecule has 1 aliphatic carbocycles.